The molecule has 2 aromatic heterocycles. The zero-order valence-corrected chi connectivity index (χ0v) is 23.8. The molecule has 1 aromatic carbocycles. The van der Waals surface area contributed by atoms with Crippen molar-refractivity contribution in [2.45, 2.75) is 51.0 Å². The second kappa shape index (κ2) is 10.4. The summed E-state index contributed by atoms with van der Waals surface area (Å²) in [5.41, 5.74) is 1.89. The van der Waals surface area contributed by atoms with Crippen LogP contribution in [0.2, 0.25) is 0 Å². The van der Waals surface area contributed by atoms with Crippen LogP contribution >= 0.6 is 0 Å². The molecular formula is C31H39N5O4. The highest BCUT2D eigenvalue weighted by Crippen LogP contribution is 2.50. The molecule has 0 unspecified atom stereocenters. The van der Waals surface area contributed by atoms with E-state index in [0.29, 0.717) is 49.5 Å². The number of amides is 1. The normalized spacial score (nSPS) is 21.6. The van der Waals surface area contributed by atoms with Crippen LogP contribution in [0, 0.1) is 11.3 Å². The number of hydrogen-bond donors (Lipinski definition) is 1. The fourth-order valence-corrected chi connectivity index (χ4v) is 6.61. The lowest BCUT2D eigenvalue weighted by Gasteiger charge is -2.55. The largest absolute Gasteiger partial charge is 0.380 e. The highest BCUT2D eigenvalue weighted by atomic mass is 16.5. The Morgan fingerprint density at radius 1 is 1.10 bits per heavy atom. The molecule has 3 aliphatic rings. The molecule has 212 valence electrons. The smallest absolute Gasteiger partial charge is 0.230 e. The number of nitrogens with zero attached hydrogens (tertiary/aromatic N) is 5. The van der Waals surface area contributed by atoms with E-state index in [1.165, 1.54) is 5.56 Å². The molecule has 0 aliphatic carbocycles. The number of rotatable bonds is 7. The number of aromatic nitrogens is 3. The van der Waals surface area contributed by atoms with Gasteiger partial charge >= 0.3 is 0 Å². The van der Waals surface area contributed by atoms with Gasteiger partial charge in [-0.2, -0.15) is 4.98 Å². The molecule has 0 spiro atoms. The highest BCUT2D eigenvalue weighted by Gasteiger charge is 2.55. The third-order valence-electron chi connectivity index (χ3n) is 9.11. The lowest BCUT2D eigenvalue weighted by Crippen LogP contribution is -2.63. The molecule has 3 aromatic rings. The monoisotopic (exact) mass is 545 g/mol. The molecule has 9 nitrogen and oxygen atoms in total. The van der Waals surface area contributed by atoms with E-state index in [4.69, 9.17) is 14.2 Å². The number of aliphatic hydroxyl groups is 1. The number of carbonyl (C=O) groups is 1. The van der Waals surface area contributed by atoms with Crippen molar-refractivity contribution in [3.8, 4) is 11.4 Å². The van der Waals surface area contributed by atoms with Gasteiger partial charge in [0.2, 0.25) is 17.6 Å². The third-order valence-corrected chi connectivity index (χ3v) is 9.11. The van der Waals surface area contributed by atoms with Gasteiger partial charge in [0.15, 0.2) is 0 Å². The maximum atomic E-state index is 12.6. The number of carbonyl (C=O) groups excluding carboxylic acids is 1. The molecule has 1 N–H and O–H groups in total. The number of hydrogen-bond acceptors (Lipinski definition) is 8. The van der Waals surface area contributed by atoms with Crippen molar-refractivity contribution in [2.24, 2.45) is 11.3 Å². The molecule has 1 atom stereocenters. The van der Waals surface area contributed by atoms with Gasteiger partial charge in [-0.15, -0.1) is 0 Å². The lowest BCUT2D eigenvalue weighted by atomic mass is 9.62. The summed E-state index contributed by atoms with van der Waals surface area (Å²) in [5, 5.41) is 16.8. The Balaban J connectivity index is 1.24. The third kappa shape index (κ3) is 4.63. The van der Waals surface area contributed by atoms with Crippen LogP contribution in [0.25, 0.3) is 11.4 Å². The summed E-state index contributed by atoms with van der Waals surface area (Å²) in [6.07, 6.45) is 5.05. The van der Waals surface area contributed by atoms with Crippen LogP contribution in [0.1, 0.15) is 68.0 Å². The Kier molecular flexibility index (Phi) is 7.01. The molecule has 0 radical (unpaired) electrons. The minimum atomic E-state index is -1.24. The van der Waals surface area contributed by atoms with Gasteiger partial charge in [-0.1, -0.05) is 50.2 Å². The molecule has 0 saturated carbocycles. The van der Waals surface area contributed by atoms with Crippen LogP contribution < -0.4 is 0 Å². The average molecular weight is 546 g/mol. The molecule has 3 aliphatic heterocycles. The summed E-state index contributed by atoms with van der Waals surface area (Å²) in [7, 11) is 2.07. The summed E-state index contributed by atoms with van der Waals surface area (Å²) in [6, 6.07) is 10.3. The summed E-state index contributed by atoms with van der Waals surface area (Å²) in [6.45, 7) is 10.4. The average Bonchev–Trinajstić information content (AvgIpc) is 3.41. The molecule has 5 heterocycles. The number of piperidine rings is 1. The van der Waals surface area contributed by atoms with E-state index in [0.717, 1.165) is 37.1 Å². The van der Waals surface area contributed by atoms with Crippen LogP contribution in [-0.2, 0) is 15.1 Å². The highest BCUT2D eigenvalue weighted by molar-refractivity contribution is 5.79. The van der Waals surface area contributed by atoms with Crippen molar-refractivity contribution < 1.29 is 19.2 Å². The quantitative estimate of drug-likeness (QED) is 0.478. The van der Waals surface area contributed by atoms with Crippen molar-refractivity contribution in [3.05, 3.63) is 65.3 Å². The molecule has 0 bridgehead atoms. The van der Waals surface area contributed by atoms with Crippen molar-refractivity contribution in [2.75, 3.05) is 46.4 Å². The van der Waals surface area contributed by atoms with E-state index in [2.05, 4.69) is 55.0 Å². The van der Waals surface area contributed by atoms with Crippen LogP contribution in [0.4, 0.5) is 0 Å². The number of pyridine rings is 1. The first-order valence-electron chi connectivity index (χ1n) is 14.4. The van der Waals surface area contributed by atoms with Gasteiger partial charge in [0, 0.05) is 61.0 Å². The maximum absolute atomic E-state index is 12.6. The van der Waals surface area contributed by atoms with Gasteiger partial charge in [0.05, 0.1) is 19.1 Å². The summed E-state index contributed by atoms with van der Waals surface area (Å²) >= 11 is 0. The molecule has 3 saturated heterocycles. The Bertz CT molecular complexity index is 1350. The molecule has 1 amide bonds. The van der Waals surface area contributed by atoms with E-state index in [-0.39, 0.29) is 23.2 Å². The minimum Gasteiger partial charge on any atom is -0.380 e. The van der Waals surface area contributed by atoms with Gasteiger partial charge in [-0.3, -0.25) is 9.78 Å². The van der Waals surface area contributed by atoms with Crippen molar-refractivity contribution in [3.63, 3.8) is 0 Å². The Hall–Kier alpha value is -3.14. The van der Waals surface area contributed by atoms with Gasteiger partial charge < -0.3 is 24.2 Å². The molecular weight excluding hydrogens is 506 g/mol. The fourth-order valence-electron chi connectivity index (χ4n) is 6.61. The van der Waals surface area contributed by atoms with Gasteiger partial charge in [-0.05, 0) is 43.0 Å². The van der Waals surface area contributed by atoms with E-state index in [1.807, 2.05) is 23.1 Å². The van der Waals surface area contributed by atoms with Crippen molar-refractivity contribution in [1.29, 1.82) is 0 Å². The SMILES string of the molecule is CC(C)c1ccc([C@](O)(c2cncc(-c3noc(C4CCN(C(=O)C5COC5)CC4)n3)c2)C2(C)CN(C)C2)cc1. The predicted octanol–water partition coefficient (Wildman–Crippen LogP) is 3.80. The van der Waals surface area contributed by atoms with Gasteiger partial charge in [-0.25, -0.2) is 0 Å². The van der Waals surface area contributed by atoms with Crippen molar-refractivity contribution in [1.82, 2.24) is 24.9 Å². The summed E-state index contributed by atoms with van der Waals surface area (Å²) < 4.78 is 10.9. The van der Waals surface area contributed by atoms with E-state index in [1.54, 1.807) is 12.4 Å². The first-order chi connectivity index (χ1) is 19.2. The van der Waals surface area contributed by atoms with Crippen LogP contribution in [-0.4, -0.2) is 82.4 Å². The van der Waals surface area contributed by atoms with Crippen LogP contribution in [0.5, 0.6) is 0 Å². The zero-order valence-electron chi connectivity index (χ0n) is 23.8. The van der Waals surface area contributed by atoms with Gasteiger partial charge in [0.1, 0.15) is 5.60 Å². The molecule has 6 rings (SSSR count). The van der Waals surface area contributed by atoms with Crippen LogP contribution in [0.3, 0.4) is 0 Å². The topological polar surface area (TPSA) is 105 Å². The summed E-state index contributed by atoms with van der Waals surface area (Å²) in [4.78, 5) is 26.0. The Morgan fingerprint density at radius 2 is 1.80 bits per heavy atom. The van der Waals surface area contributed by atoms with Gasteiger partial charge in [0.25, 0.3) is 0 Å². The van der Waals surface area contributed by atoms with Crippen molar-refractivity contribution >= 4 is 5.91 Å². The molecule has 40 heavy (non-hydrogen) atoms. The zero-order chi connectivity index (χ0) is 28.1. The number of likely N-dealkylation sites (tertiary alicyclic amines) is 2. The first-order valence-corrected chi connectivity index (χ1v) is 14.4. The van der Waals surface area contributed by atoms with E-state index >= 15 is 0 Å². The number of ether oxygens (including phenoxy) is 1. The molecule has 3 fully saturated rings. The molecule has 9 heteroatoms. The fraction of sp³-hybridized carbons (Fsp3) is 0.548. The number of benzene rings is 1. The second-order valence-electron chi connectivity index (χ2n) is 12.5. The minimum absolute atomic E-state index is 0.0146. The standard InChI is InChI=1S/C31H39N5O4/c1-20(2)21-5-7-25(8-6-21)31(38,30(3)18-35(4)19-30)26-13-23(14-32-15-26)27-33-28(40-34-27)22-9-11-36(12-10-22)29(37)24-16-39-17-24/h5-8,13-15,20,22,24,38H,9-12,16-19H2,1-4H3/t31-/m0/s1. The Morgan fingerprint density at radius 3 is 2.40 bits per heavy atom. The lowest BCUT2D eigenvalue weighted by molar-refractivity contribution is -0.151. The Labute approximate surface area is 235 Å². The second-order valence-corrected chi connectivity index (χ2v) is 12.5. The summed E-state index contributed by atoms with van der Waals surface area (Å²) in [5.74, 6) is 1.78. The van der Waals surface area contributed by atoms with E-state index in [9.17, 15) is 9.90 Å². The first kappa shape index (κ1) is 27.1. The van der Waals surface area contributed by atoms with E-state index < -0.39 is 5.60 Å². The predicted molar refractivity (Wildman–Crippen MR) is 150 cm³/mol. The maximum Gasteiger partial charge on any atom is 0.230 e. The van der Waals surface area contributed by atoms with Crippen LogP contribution in [0.15, 0.2) is 47.2 Å².